The number of hydrogen-bond acceptors (Lipinski definition) is 5. The van der Waals surface area contributed by atoms with Crippen molar-refractivity contribution in [1.82, 2.24) is 15.6 Å². The van der Waals surface area contributed by atoms with E-state index in [0.29, 0.717) is 17.9 Å². The van der Waals surface area contributed by atoms with Gasteiger partial charge in [0.05, 0.1) is 12.1 Å². The van der Waals surface area contributed by atoms with E-state index in [-0.39, 0.29) is 29.1 Å². The Morgan fingerprint density at radius 3 is 3.04 bits per heavy atom. The zero-order valence-electron chi connectivity index (χ0n) is 15.8. The summed E-state index contributed by atoms with van der Waals surface area (Å²) < 4.78 is 0. The molecule has 1 spiro atoms. The van der Waals surface area contributed by atoms with Gasteiger partial charge in [-0.15, -0.1) is 11.3 Å². The van der Waals surface area contributed by atoms with Crippen LogP contribution in [0.4, 0.5) is 5.82 Å². The minimum atomic E-state index is -0.504. The largest absolute Gasteiger partial charge is 0.351 e. The van der Waals surface area contributed by atoms with E-state index >= 15 is 0 Å². The Morgan fingerprint density at radius 1 is 1.36 bits per heavy atom. The number of nitrogens with zero attached hydrogens (tertiary/aromatic N) is 1. The van der Waals surface area contributed by atoms with Crippen molar-refractivity contribution < 1.29 is 9.59 Å². The van der Waals surface area contributed by atoms with Crippen LogP contribution in [-0.2, 0) is 11.3 Å². The number of pyridine rings is 1. The van der Waals surface area contributed by atoms with Gasteiger partial charge in [-0.3, -0.25) is 9.59 Å². The maximum absolute atomic E-state index is 13.0. The molecule has 2 aromatic rings. The van der Waals surface area contributed by atoms with Crippen LogP contribution in [-0.4, -0.2) is 22.5 Å². The van der Waals surface area contributed by atoms with Gasteiger partial charge in [-0.1, -0.05) is 13.0 Å². The minimum Gasteiger partial charge on any atom is -0.351 e. The summed E-state index contributed by atoms with van der Waals surface area (Å²) in [6, 6.07) is 7.62. The van der Waals surface area contributed by atoms with Gasteiger partial charge in [0, 0.05) is 22.9 Å². The Bertz CT molecular complexity index is 930. The van der Waals surface area contributed by atoms with Crippen LogP contribution in [0, 0.1) is 17.3 Å². The lowest BCUT2D eigenvalue weighted by atomic mass is 9.51. The summed E-state index contributed by atoms with van der Waals surface area (Å²) >= 11 is 1.66. The van der Waals surface area contributed by atoms with Crippen molar-refractivity contribution in [3.05, 3.63) is 46.3 Å². The van der Waals surface area contributed by atoms with Gasteiger partial charge in [-0.2, -0.15) is 0 Å². The fourth-order valence-electron chi connectivity index (χ4n) is 5.43. The van der Waals surface area contributed by atoms with Gasteiger partial charge < -0.3 is 16.0 Å². The average molecular weight is 397 g/mol. The van der Waals surface area contributed by atoms with Crippen molar-refractivity contribution in [2.75, 3.05) is 5.32 Å². The number of fused-ring (bicyclic) bond motifs is 3. The van der Waals surface area contributed by atoms with Crippen LogP contribution < -0.4 is 16.0 Å². The monoisotopic (exact) mass is 396 g/mol. The van der Waals surface area contributed by atoms with Crippen LogP contribution in [0.25, 0.3) is 0 Å². The number of aromatic nitrogens is 1. The van der Waals surface area contributed by atoms with Gasteiger partial charge in [-0.25, -0.2) is 4.98 Å². The molecule has 3 fully saturated rings. The Balaban J connectivity index is 1.37. The highest BCUT2D eigenvalue weighted by molar-refractivity contribution is 7.09. The zero-order valence-corrected chi connectivity index (χ0v) is 16.6. The molecule has 2 amide bonds. The lowest BCUT2D eigenvalue weighted by Gasteiger charge is -2.60. The second-order valence-electron chi connectivity index (χ2n) is 8.60. The second kappa shape index (κ2) is 6.30. The summed E-state index contributed by atoms with van der Waals surface area (Å²) in [6.45, 7) is 2.78. The third-order valence-corrected chi connectivity index (χ3v) is 7.75. The molecule has 0 radical (unpaired) electrons. The van der Waals surface area contributed by atoms with Gasteiger partial charge in [0.2, 0.25) is 5.91 Å². The molecule has 3 aliphatic carbocycles. The molecule has 3 N–H and O–H groups in total. The predicted octanol–water partition coefficient (Wildman–Crippen LogP) is 3.14. The van der Waals surface area contributed by atoms with Crippen molar-refractivity contribution in [3.8, 4) is 0 Å². The van der Waals surface area contributed by atoms with Crippen LogP contribution in [0.3, 0.4) is 0 Å². The summed E-state index contributed by atoms with van der Waals surface area (Å²) in [7, 11) is 0. The third kappa shape index (κ3) is 2.71. The number of carbonyl (C=O) groups excluding carboxylic acids is 2. The fraction of sp³-hybridized carbons (Fsp3) is 0.476. The fourth-order valence-corrected chi connectivity index (χ4v) is 6.08. The molecule has 6 rings (SSSR count). The smallest absolute Gasteiger partial charge is 0.256 e. The van der Waals surface area contributed by atoms with Crippen molar-refractivity contribution in [1.29, 1.82) is 0 Å². The van der Waals surface area contributed by atoms with E-state index in [4.69, 9.17) is 0 Å². The number of thiophene rings is 1. The normalized spacial score (nSPS) is 33.1. The summed E-state index contributed by atoms with van der Waals surface area (Å²) in [5.74, 6) is 0.903. The summed E-state index contributed by atoms with van der Waals surface area (Å²) in [5.41, 5.74) is -0.0680. The first kappa shape index (κ1) is 17.7. The molecule has 7 heteroatoms. The standard InChI is InChI=1S/C21H24N4O2S/c1-20-7-6-13(10-16(20)19(27)23-11-14-4-3-9-28-14)21(12-20)24-17-15(18(26)25-21)5-2-8-22-17/h2-5,8-9,13,16H,6-7,10-12H2,1H3,(H,22,24)(H,23,27)(H,25,26)/t13-,16+,20+,21-/m0/s1. The number of rotatable bonds is 3. The maximum atomic E-state index is 13.0. The van der Waals surface area contributed by atoms with E-state index in [2.05, 4.69) is 27.9 Å². The Hall–Kier alpha value is -2.41. The molecule has 146 valence electrons. The van der Waals surface area contributed by atoms with Gasteiger partial charge >= 0.3 is 0 Å². The van der Waals surface area contributed by atoms with Crippen molar-refractivity contribution in [3.63, 3.8) is 0 Å². The number of anilines is 1. The summed E-state index contributed by atoms with van der Waals surface area (Å²) in [6.07, 6.45) is 5.23. The highest BCUT2D eigenvalue weighted by Crippen LogP contribution is 2.58. The van der Waals surface area contributed by atoms with Crippen LogP contribution in [0.5, 0.6) is 0 Å². The molecule has 2 aromatic heterocycles. The highest BCUT2D eigenvalue weighted by atomic mass is 32.1. The van der Waals surface area contributed by atoms with E-state index in [1.807, 2.05) is 17.5 Å². The van der Waals surface area contributed by atoms with Crippen molar-refractivity contribution >= 4 is 29.0 Å². The molecule has 3 heterocycles. The van der Waals surface area contributed by atoms with Crippen molar-refractivity contribution in [2.24, 2.45) is 17.3 Å². The molecule has 28 heavy (non-hydrogen) atoms. The molecule has 4 atom stereocenters. The van der Waals surface area contributed by atoms with E-state index in [9.17, 15) is 9.59 Å². The average Bonchev–Trinajstić information content (AvgIpc) is 3.19. The van der Waals surface area contributed by atoms with Gasteiger partial charge in [-0.05, 0) is 54.7 Å². The minimum absolute atomic E-state index is 0.0272. The van der Waals surface area contributed by atoms with Crippen molar-refractivity contribution in [2.45, 2.75) is 44.8 Å². The van der Waals surface area contributed by atoms with Crippen LogP contribution in [0.2, 0.25) is 0 Å². The number of carbonyl (C=O) groups is 2. The predicted molar refractivity (Wildman–Crippen MR) is 108 cm³/mol. The zero-order chi connectivity index (χ0) is 19.4. The van der Waals surface area contributed by atoms with Crippen LogP contribution in [0.1, 0.15) is 47.8 Å². The quantitative estimate of drug-likeness (QED) is 0.744. The van der Waals surface area contributed by atoms with Gasteiger partial charge in [0.25, 0.3) is 5.91 Å². The first-order valence-corrected chi connectivity index (χ1v) is 10.7. The number of nitrogens with one attached hydrogen (secondary N) is 3. The first-order chi connectivity index (χ1) is 13.5. The lowest BCUT2D eigenvalue weighted by molar-refractivity contribution is -0.139. The number of amides is 2. The molecule has 2 bridgehead atoms. The van der Waals surface area contributed by atoms with E-state index in [1.165, 1.54) is 4.88 Å². The topological polar surface area (TPSA) is 83.1 Å². The van der Waals surface area contributed by atoms with Crippen LogP contribution >= 0.6 is 11.3 Å². The molecule has 4 aliphatic rings. The highest BCUT2D eigenvalue weighted by Gasteiger charge is 2.60. The Morgan fingerprint density at radius 2 is 2.25 bits per heavy atom. The number of hydrogen-bond donors (Lipinski definition) is 3. The molecule has 0 saturated heterocycles. The molecule has 3 saturated carbocycles. The first-order valence-electron chi connectivity index (χ1n) is 9.85. The summed E-state index contributed by atoms with van der Waals surface area (Å²) in [4.78, 5) is 31.3. The molecular formula is C21H24N4O2S. The lowest BCUT2D eigenvalue weighted by Crippen LogP contribution is -2.70. The molecule has 6 nitrogen and oxygen atoms in total. The molecule has 0 aromatic carbocycles. The second-order valence-corrected chi connectivity index (χ2v) is 9.63. The molecule has 1 aliphatic heterocycles. The maximum Gasteiger partial charge on any atom is 0.256 e. The summed E-state index contributed by atoms with van der Waals surface area (Å²) in [5, 5.41) is 11.9. The van der Waals surface area contributed by atoms with E-state index in [1.54, 1.807) is 29.7 Å². The Labute approximate surface area is 168 Å². The molecular weight excluding hydrogens is 372 g/mol. The Kier molecular flexibility index (Phi) is 3.98. The van der Waals surface area contributed by atoms with Gasteiger partial charge in [0.1, 0.15) is 11.5 Å². The SMILES string of the molecule is C[C@]12CC[C@@H](C[C@@H]1C(=O)NCc1cccs1)[C@]1(C2)NC(=O)c2cccnc2N1. The third-order valence-electron chi connectivity index (χ3n) is 6.87. The van der Waals surface area contributed by atoms with E-state index in [0.717, 1.165) is 25.7 Å². The van der Waals surface area contributed by atoms with Crippen LogP contribution in [0.15, 0.2) is 35.8 Å². The molecule has 0 unspecified atom stereocenters. The van der Waals surface area contributed by atoms with E-state index < -0.39 is 5.66 Å². The van der Waals surface area contributed by atoms with Gasteiger partial charge in [0.15, 0.2) is 0 Å².